The maximum Gasteiger partial charge on any atom is 0.269 e. The number of nitriles is 1. The standard InChI is InChI=1S/C34H23N5O5/c35-18-21-7-1-6-12-27(21)38-32(41)30-29-23-8-2-4-10-25(23)34(31(30)33(38)42,26-11-5-3-9-24(26)29)19-36-37-28(40)17-20-13-15-22(16-14-20)39(43)44/h1-16,19,29-31H,17H2,(H,37,40)/b36-19-/t29?,30-,31+,34?/m1/s1. The van der Waals surface area contributed by atoms with Crippen molar-refractivity contribution in [3.05, 3.63) is 141 Å². The predicted octanol–water partition coefficient (Wildman–Crippen LogP) is 4.36. The molecule has 0 aromatic heterocycles. The number of nitrogens with one attached hydrogen (secondary N) is 1. The van der Waals surface area contributed by atoms with Crippen LogP contribution < -0.4 is 10.3 Å². The zero-order chi connectivity index (χ0) is 30.6. The lowest BCUT2D eigenvalue weighted by Crippen LogP contribution is -2.54. The molecule has 44 heavy (non-hydrogen) atoms. The Morgan fingerprint density at radius 2 is 1.55 bits per heavy atom. The fraction of sp³-hybridized carbons (Fsp3) is 0.147. The van der Waals surface area contributed by atoms with Gasteiger partial charge in [-0.15, -0.1) is 0 Å². The molecule has 0 spiro atoms. The molecule has 2 bridgehead atoms. The van der Waals surface area contributed by atoms with Crippen molar-refractivity contribution < 1.29 is 19.3 Å². The molecule has 0 unspecified atom stereocenters. The molecule has 1 N–H and O–H groups in total. The number of amides is 3. The summed E-state index contributed by atoms with van der Waals surface area (Å²) in [5, 5.41) is 25.1. The summed E-state index contributed by atoms with van der Waals surface area (Å²) in [6.07, 6.45) is 1.50. The number of hydrogen-bond acceptors (Lipinski definition) is 7. The Hall–Kier alpha value is -5.95. The first-order chi connectivity index (χ1) is 21.4. The van der Waals surface area contributed by atoms with Gasteiger partial charge in [0.05, 0.1) is 39.8 Å². The van der Waals surface area contributed by atoms with Crippen molar-refractivity contribution in [1.29, 1.82) is 5.26 Å². The Morgan fingerprint density at radius 1 is 0.932 bits per heavy atom. The Kier molecular flexibility index (Phi) is 6.18. The van der Waals surface area contributed by atoms with Gasteiger partial charge in [0, 0.05) is 24.3 Å². The monoisotopic (exact) mass is 581 g/mol. The summed E-state index contributed by atoms with van der Waals surface area (Å²) < 4.78 is 0. The van der Waals surface area contributed by atoms with Crippen LogP contribution >= 0.6 is 0 Å². The number of hydrogen-bond donors (Lipinski definition) is 1. The maximum atomic E-state index is 14.4. The van der Waals surface area contributed by atoms with E-state index in [4.69, 9.17) is 0 Å². The number of hydrazone groups is 1. The molecule has 3 aliphatic carbocycles. The van der Waals surface area contributed by atoms with Crippen LogP contribution in [0.2, 0.25) is 0 Å². The first-order valence-corrected chi connectivity index (χ1v) is 14.0. The van der Waals surface area contributed by atoms with E-state index >= 15 is 0 Å². The van der Waals surface area contributed by atoms with Crippen LogP contribution in [0.1, 0.15) is 39.3 Å². The molecular weight excluding hydrogens is 558 g/mol. The average molecular weight is 582 g/mol. The molecule has 0 radical (unpaired) electrons. The molecule has 4 aliphatic rings. The number of rotatable bonds is 6. The van der Waals surface area contributed by atoms with Gasteiger partial charge in [-0.1, -0.05) is 72.8 Å². The van der Waals surface area contributed by atoms with Crippen LogP contribution in [0.15, 0.2) is 102 Å². The third kappa shape index (κ3) is 3.79. The second-order valence-electron chi connectivity index (χ2n) is 11.1. The quantitative estimate of drug-likeness (QED) is 0.155. The topological polar surface area (TPSA) is 146 Å². The Labute approximate surface area is 251 Å². The number of imide groups is 1. The van der Waals surface area contributed by atoms with Crippen LogP contribution in [-0.4, -0.2) is 28.9 Å². The smallest absolute Gasteiger partial charge is 0.269 e. The van der Waals surface area contributed by atoms with E-state index in [9.17, 15) is 29.8 Å². The molecule has 8 rings (SSSR count). The number of nitrogens with zero attached hydrogens (tertiary/aromatic N) is 4. The van der Waals surface area contributed by atoms with E-state index in [1.807, 2.05) is 48.5 Å². The Balaban J connectivity index is 1.32. The fourth-order valence-corrected chi connectivity index (χ4v) is 7.22. The lowest BCUT2D eigenvalue weighted by molar-refractivity contribution is -0.384. The predicted molar refractivity (Wildman–Crippen MR) is 160 cm³/mol. The number of carbonyl (C=O) groups is 3. The molecular formula is C34H23N5O5. The van der Waals surface area contributed by atoms with Crippen LogP contribution in [0.3, 0.4) is 0 Å². The summed E-state index contributed by atoms with van der Waals surface area (Å²) in [5.41, 5.74) is 5.81. The average Bonchev–Trinajstić information content (AvgIpc) is 3.31. The Bertz CT molecular complexity index is 1910. The van der Waals surface area contributed by atoms with Gasteiger partial charge < -0.3 is 0 Å². The van der Waals surface area contributed by atoms with Crippen molar-refractivity contribution in [3.8, 4) is 6.07 Å². The normalized spacial score (nSPS) is 22.7. The van der Waals surface area contributed by atoms with Gasteiger partial charge in [-0.2, -0.15) is 10.4 Å². The molecule has 1 aliphatic heterocycles. The van der Waals surface area contributed by atoms with Crippen molar-refractivity contribution in [3.63, 3.8) is 0 Å². The second-order valence-corrected chi connectivity index (χ2v) is 11.1. The summed E-state index contributed by atoms with van der Waals surface area (Å²) in [6, 6.07) is 29.7. The number of nitro benzene ring substituents is 1. The van der Waals surface area contributed by atoms with Crippen molar-refractivity contribution in [2.45, 2.75) is 17.8 Å². The highest BCUT2D eigenvalue weighted by atomic mass is 16.6. The summed E-state index contributed by atoms with van der Waals surface area (Å²) in [7, 11) is 0. The highest BCUT2D eigenvalue weighted by Gasteiger charge is 2.68. The van der Waals surface area contributed by atoms with Gasteiger partial charge in [0.1, 0.15) is 6.07 Å². The third-order valence-electron chi connectivity index (χ3n) is 8.92. The number of para-hydroxylation sites is 1. The summed E-state index contributed by atoms with van der Waals surface area (Å²) in [6.45, 7) is 0. The van der Waals surface area contributed by atoms with Gasteiger partial charge in [-0.25, -0.2) is 10.3 Å². The minimum absolute atomic E-state index is 0.0697. The number of non-ortho nitro benzene ring substituents is 1. The second kappa shape index (κ2) is 10.1. The van der Waals surface area contributed by atoms with Gasteiger partial charge in [-0.05, 0) is 39.9 Å². The van der Waals surface area contributed by atoms with E-state index in [1.165, 1.54) is 24.3 Å². The molecule has 1 saturated heterocycles. The lowest BCUT2D eigenvalue weighted by Gasteiger charge is -2.52. The number of carbonyl (C=O) groups excluding carboxylic acids is 3. The van der Waals surface area contributed by atoms with E-state index < -0.39 is 34.0 Å². The molecule has 1 heterocycles. The van der Waals surface area contributed by atoms with E-state index in [2.05, 4.69) is 16.6 Å². The SMILES string of the molecule is N#Cc1ccccc1N1C(=O)[C@@H]2C3c4ccccc4C(/C=N\NC(=O)Cc4ccc([N+](=O)[O-])cc4)(c4ccccc43)[C@@H]2C1=O. The largest absolute Gasteiger partial charge is 0.274 e. The fourth-order valence-electron chi connectivity index (χ4n) is 7.22. The first kappa shape index (κ1) is 26.9. The van der Waals surface area contributed by atoms with Crippen molar-refractivity contribution >= 4 is 35.3 Å². The number of benzene rings is 4. The summed E-state index contributed by atoms with van der Waals surface area (Å²) >= 11 is 0. The van der Waals surface area contributed by atoms with Crippen LogP contribution in [0, 0.1) is 33.3 Å². The summed E-state index contributed by atoms with van der Waals surface area (Å²) in [5.74, 6) is -3.26. The summed E-state index contributed by atoms with van der Waals surface area (Å²) in [4.78, 5) is 53.2. The van der Waals surface area contributed by atoms with Crippen LogP contribution in [0.5, 0.6) is 0 Å². The van der Waals surface area contributed by atoms with E-state index in [-0.39, 0.29) is 35.2 Å². The zero-order valence-corrected chi connectivity index (χ0v) is 23.1. The van der Waals surface area contributed by atoms with E-state index in [0.29, 0.717) is 5.56 Å². The zero-order valence-electron chi connectivity index (χ0n) is 23.1. The molecule has 0 saturated carbocycles. The van der Waals surface area contributed by atoms with Crippen molar-refractivity contribution in [2.24, 2.45) is 16.9 Å². The number of anilines is 1. The minimum Gasteiger partial charge on any atom is -0.274 e. The van der Waals surface area contributed by atoms with Gasteiger partial charge in [-0.3, -0.25) is 24.5 Å². The van der Waals surface area contributed by atoms with Crippen LogP contribution in [0.25, 0.3) is 0 Å². The van der Waals surface area contributed by atoms with Crippen LogP contribution in [0.4, 0.5) is 11.4 Å². The van der Waals surface area contributed by atoms with E-state index in [0.717, 1.165) is 27.2 Å². The molecule has 10 heteroatoms. The molecule has 4 aromatic rings. The van der Waals surface area contributed by atoms with Gasteiger partial charge >= 0.3 is 0 Å². The lowest BCUT2D eigenvalue weighted by atomic mass is 9.47. The van der Waals surface area contributed by atoms with Gasteiger partial charge in [0.2, 0.25) is 17.7 Å². The molecule has 2 atom stereocenters. The van der Waals surface area contributed by atoms with Crippen molar-refractivity contribution in [1.82, 2.24) is 5.43 Å². The molecule has 10 nitrogen and oxygen atoms in total. The molecule has 214 valence electrons. The molecule has 4 aromatic carbocycles. The van der Waals surface area contributed by atoms with Crippen molar-refractivity contribution in [2.75, 3.05) is 4.90 Å². The third-order valence-corrected chi connectivity index (χ3v) is 8.92. The van der Waals surface area contributed by atoms with Gasteiger partial charge in [0.15, 0.2) is 0 Å². The highest BCUT2D eigenvalue weighted by molar-refractivity contribution is 6.25. The number of nitro groups is 1. The van der Waals surface area contributed by atoms with E-state index in [1.54, 1.807) is 30.5 Å². The highest BCUT2D eigenvalue weighted by Crippen LogP contribution is 2.63. The molecule has 3 amide bonds. The first-order valence-electron chi connectivity index (χ1n) is 14.0. The van der Waals surface area contributed by atoms with Gasteiger partial charge in [0.25, 0.3) is 5.69 Å². The van der Waals surface area contributed by atoms with Crippen LogP contribution in [-0.2, 0) is 26.2 Å². The maximum absolute atomic E-state index is 14.4. The molecule has 1 fully saturated rings. The minimum atomic E-state index is -1.18. The Morgan fingerprint density at radius 3 is 2.18 bits per heavy atom.